The van der Waals surface area contributed by atoms with Crippen LogP contribution in [0.15, 0.2) is 5.16 Å². The summed E-state index contributed by atoms with van der Waals surface area (Å²) in [7, 11) is 1.62. The van der Waals surface area contributed by atoms with Gasteiger partial charge in [-0.15, -0.1) is 5.16 Å². The minimum absolute atomic E-state index is 0.0291. The smallest absolute Gasteiger partial charge is 0.225 e. The van der Waals surface area contributed by atoms with Gasteiger partial charge in [-0.25, -0.2) is 0 Å². The molecule has 1 atom stereocenters. The Hall–Kier alpha value is -0.360. The lowest BCUT2D eigenvalue weighted by atomic mass is 9.80. The van der Waals surface area contributed by atoms with Gasteiger partial charge in [-0.1, -0.05) is 13.8 Å². The van der Waals surface area contributed by atoms with Crippen LogP contribution < -0.4 is 5.32 Å². The van der Waals surface area contributed by atoms with Crippen LogP contribution in [-0.2, 0) is 4.79 Å². The van der Waals surface area contributed by atoms with Crippen molar-refractivity contribution < 1.29 is 10.0 Å². The van der Waals surface area contributed by atoms with Crippen LogP contribution in [0.1, 0.15) is 13.8 Å². The zero-order valence-corrected chi connectivity index (χ0v) is 12.0. The number of hydrogen-bond acceptors (Lipinski definition) is 5. The highest BCUT2D eigenvalue weighted by Gasteiger charge is 2.39. The van der Waals surface area contributed by atoms with Gasteiger partial charge in [0.05, 0.1) is 16.7 Å². The maximum absolute atomic E-state index is 11.9. The molecule has 0 aliphatic rings. The predicted molar refractivity (Wildman–Crippen MR) is 72.4 cm³/mol. The van der Waals surface area contributed by atoms with Crippen LogP contribution in [-0.4, -0.2) is 41.5 Å². The first-order valence-electron chi connectivity index (χ1n) is 4.90. The molecule has 0 saturated heterocycles. The van der Waals surface area contributed by atoms with Crippen LogP contribution in [0.25, 0.3) is 0 Å². The molecule has 4 nitrogen and oxygen atoms in total. The monoisotopic (exact) mass is 264 g/mol. The summed E-state index contributed by atoms with van der Waals surface area (Å²) in [5, 5.41) is 14.4. The van der Waals surface area contributed by atoms with E-state index in [-0.39, 0.29) is 16.4 Å². The van der Waals surface area contributed by atoms with Crippen LogP contribution >= 0.6 is 23.5 Å². The average Bonchev–Trinajstić information content (AvgIpc) is 2.24. The number of hydrogen-bond donors (Lipinski definition) is 2. The van der Waals surface area contributed by atoms with E-state index in [1.807, 2.05) is 26.4 Å². The molecule has 0 fully saturated rings. The quantitative estimate of drug-likeness (QED) is 0.333. The lowest BCUT2D eigenvalue weighted by Crippen LogP contribution is -2.43. The first kappa shape index (κ1) is 15.6. The van der Waals surface area contributed by atoms with E-state index in [2.05, 4.69) is 10.5 Å². The molecule has 0 aromatic heterocycles. The molecule has 0 aliphatic heterocycles. The fourth-order valence-electron chi connectivity index (χ4n) is 1.57. The van der Waals surface area contributed by atoms with Gasteiger partial charge in [0.25, 0.3) is 0 Å². The Kier molecular flexibility index (Phi) is 6.90. The summed E-state index contributed by atoms with van der Waals surface area (Å²) in [4.78, 5) is 11.9. The molecule has 0 heterocycles. The summed E-state index contributed by atoms with van der Waals surface area (Å²) in [5.41, 5.74) is -0.481. The summed E-state index contributed by atoms with van der Waals surface area (Å²) < 4.78 is 0.132. The Labute approximate surface area is 106 Å². The Morgan fingerprint density at radius 1 is 1.44 bits per heavy atom. The lowest BCUT2D eigenvalue weighted by Gasteiger charge is -2.33. The second kappa shape index (κ2) is 7.06. The van der Waals surface area contributed by atoms with E-state index in [1.165, 1.54) is 6.21 Å². The number of thioether (sulfide) groups is 2. The molecule has 1 unspecified atom stereocenters. The van der Waals surface area contributed by atoms with Crippen LogP contribution in [0.5, 0.6) is 0 Å². The van der Waals surface area contributed by atoms with Crippen molar-refractivity contribution in [2.75, 3.05) is 19.6 Å². The Morgan fingerprint density at radius 3 is 2.25 bits per heavy atom. The van der Waals surface area contributed by atoms with Crippen LogP contribution in [0.2, 0.25) is 0 Å². The van der Waals surface area contributed by atoms with E-state index in [9.17, 15) is 4.79 Å². The summed E-state index contributed by atoms with van der Waals surface area (Å²) >= 11 is 3.27. The van der Waals surface area contributed by atoms with E-state index >= 15 is 0 Å². The molecular formula is C10H20N2O2S2. The predicted octanol–water partition coefficient (Wildman–Crippen LogP) is 1.89. The molecule has 0 rings (SSSR count). The van der Waals surface area contributed by atoms with E-state index in [1.54, 1.807) is 30.6 Å². The standard InChI is InChI=1S/C10H20N2O2S2/c1-10(2,6-12-14)7(8(13)11-3)9(15-4)16-5/h6-7,9,14H,1-5H3,(H,11,13). The third-order valence-corrected chi connectivity index (χ3v) is 5.09. The number of carbonyl (C=O) groups is 1. The van der Waals surface area contributed by atoms with Crippen molar-refractivity contribution in [3.63, 3.8) is 0 Å². The highest BCUT2D eigenvalue weighted by atomic mass is 32.2. The molecule has 6 heteroatoms. The number of nitrogens with one attached hydrogen (secondary N) is 1. The Morgan fingerprint density at radius 2 is 1.94 bits per heavy atom. The molecule has 0 spiro atoms. The van der Waals surface area contributed by atoms with Gasteiger partial charge >= 0.3 is 0 Å². The zero-order chi connectivity index (χ0) is 12.8. The van der Waals surface area contributed by atoms with E-state index in [0.29, 0.717) is 0 Å². The number of rotatable bonds is 6. The maximum atomic E-state index is 11.9. The van der Waals surface area contributed by atoms with Gasteiger partial charge in [0, 0.05) is 12.5 Å². The largest absolute Gasteiger partial charge is 0.411 e. The van der Waals surface area contributed by atoms with Crippen molar-refractivity contribution in [2.24, 2.45) is 16.5 Å². The summed E-state index contributed by atoms with van der Waals surface area (Å²) in [6.07, 6.45) is 5.37. The molecule has 0 radical (unpaired) electrons. The Balaban J connectivity index is 5.14. The summed E-state index contributed by atoms with van der Waals surface area (Å²) in [5.74, 6) is -0.267. The van der Waals surface area contributed by atoms with Gasteiger partial charge < -0.3 is 10.5 Å². The van der Waals surface area contributed by atoms with Crippen LogP contribution in [0.3, 0.4) is 0 Å². The molecule has 0 saturated carbocycles. The molecule has 16 heavy (non-hydrogen) atoms. The highest BCUT2D eigenvalue weighted by Crippen LogP contribution is 2.38. The number of amides is 1. The second-order valence-corrected chi connectivity index (χ2v) is 6.25. The lowest BCUT2D eigenvalue weighted by molar-refractivity contribution is -0.126. The van der Waals surface area contributed by atoms with E-state index in [0.717, 1.165) is 0 Å². The minimum Gasteiger partial charge on any atom is -0.411 e. The SMILES string of the molecule is CNC(=O)C(C(SC)SC)C(C)(C)C=NO. The summed E-state index contributed by atoms with van der Waals surface area (Å²) in [6.45, 7) is 3.79. The van der Waals surface area contributed by atoms with Crippen molar-refractivity contribution in [2.45, 2.75) is 18.4 Å². The molecule has 0 bridgehead atoms. The van der Waals surface area contributed by atoms with Gasteiger partial charge in [-0.2, -0.15) is 23.5 Å². The zero-order valence-electron chi connectivity index (χ0n) is 10.4. The van der Waals surface area contributed by atoms with Gasteiger partial charge in [-0.05, 0) is 12.5 Å². The van der Waals surface area contributed by atoms with E-state index in [4.69, 9.17) is 5.21 Å². The number of oxime groups is 1. The molecule has 0 aromatic carbocycles. The molecule has 2 N–H and O–H groups in total. The van der Waals surface area contributed by atoms with Crippen molar-refractivity contribution in [1.29, 1.82) is 0 Å². The fraction of sp³-hybridized carbons (Fsp3) is 0.800. The number of nitrogens with zero attached hydrogens (tertiary/aromatic N) is 1. The van der Waals surface area contributed by atoms with Gasteiger partial charge in [0.1, 0.15) is 0 Å². The van der Waals surface area contributed by atoms with Crippen molar-refractivity contribution in [3.8, 4) is 0 Å². The van der Waals surface area contributed by atoms with Crippen molar-refractivity contribution in [1.82, 2.24) is 5.32 Å². The highest BCUT2D eigenvalue weighted by molar-refractivity contribution is 8.16. The first-order chi connectivity index (χ1) is 7.44. The van der Waals surface area contributed by atoms with Crippen molar-refractivity contribution in [3.05, 3.63) is 0 Å². The van der Waals surface area contributed by atoms with Gasteiger partial charge in [-0.3, -0.25) is 4.79 Å². The van der Waals surface area contributed by atoms with Gasteiger partial charge in [0.2, 0.25) is 5.91 Å². The molecule has 94 valence electrons. The molecule has 0 aromatic rings. The minimum atomic E-state index is -0.481. The third-order valence-electron chi connectivity index (χ3n) is 2.46. The topological polar surface area (TPSA) is 61.7 Å². The third kappa shape index (κ3) is 3.90. The number of carbonyl (C=O) groups excluding carboxylic acids is 1. The molecular weight excluding hydrogens is 244 g/mol. The Bertz CT molecular complexity index is 253. The van der Waals surface area contributed by atoms with Crippen molar-refractivity contribution >= 4 is 35.6 Å². The first-order valence-corrected chi connectivity index (χ1v) is 7.48. The van der Waals surface area contributed by atoms with Crippen LogP contribution in [0.4, 0.5) is 0 Å². The van der Waals surface area contributed by atoms with Crippen LogP contribution in [0, 0.1) is 11.3 Å². The normalized spacial score (nSPS) is 14.4. The summed E-state index contributed by atoms with van der Waals surface area (Å²) in [6, 6.07) is 0. The van der Waals surface area contributed by atoms with E-state index < -0.39 is 5.41 Å². The molecule has 1 amide bonds. The van der Waals surface area contributed by atoms with Gasteiger partial charge in [0.15, 0.2) is 0 Å². The maximum Gasteiger partial charge on any atom is 0.225 e. The average molecular weight is 264 g/mol. The fourth-order valence-corrected chi connectivity index (χ4v) is 3.83. The molecule has 0 aliphatic carbocycles. The second-order valence-electron chi connectivity index (χ2n) is 4.00.